The number of benzene rings is 1. The largest absolute Gasteiger partial charge is 0.398 e. The van der Waals surface area contributed by atoms with Gasteiger partial charge in [-0.1, -0.05) is 12.2 Å². The molecule has 0 aromatic heterocycles. The van der Waals surface area contributed by atoms with Crippen LogP contribution in [0.1, 0.15) is 31.7 Å². The molecule has 5 nitrogen and oxygen atoms in total. The molecule has 0 saturated heterocycles. The zero-order chi connectivity index (χ0) is 17.7. The number of hydrogen-bond acceptors (Lipinski definition) is 4. The molecule has 1 aromatic carbocycles. The summed E-state index contributed by atoms with van der Waals surface area (Å²) in [5.74, 6) is 0.804. The molecular weight excluding hydrogens is 300 g/mol. The van der Waals surface area contributed by atoms with Gasteiger partial charge in [-0.3, -0.25) is 4.99 Å². The first kappa shape index (κ1) is 17.7. The van der Waals surface area contributed by atoms with Gasteiger partial charge in [0.1, 0.15) is 12.1 Å². The number of nitrogens with two attached hydrogens (primary N) is 1. The van der Waals surface area contributed by atoms with Crippen molar-refractivity contribution in [3.63, 3.8) is 0 Å². The summed E-state index contributed by atoms with van der Waals surface area (Å²) < 4.78 is 0. The molecule has 0 fully saturated rings. The lowest BCUT2D eigenvalue weighted by Gasteiger charge is -2.24. The fourth-order valence-electron chi connectivity index (χ4n) is 3.01. The Hall–Kier alpha value is -2.69. The van der Waals surface area contributed by atoms with E-state index < -0.39 is 0 Å². The predicted octanol–water partition coefficient (Wildman–Crippen LogP) is 3.58. The summed E-state index contributed by atoms with van der Waals surface area (Å²) >= 11 is 0. The van der Waals surface area contributed by atoms with Gasteiger partial charge in [-0.25, -0.2) is 0 Å². The van der Waals surface area contributed by atoms with E-state index in [0.717, 1.165) is 36.8 Å². The topological polar surface area (TPSA) is 91.3 Å². The summed E-state index contributed by atoms with van der Waals surface area (Å²) in [4.78, 5) is 15.3. The van der Waals surface area contributed by atoms with Gasteiger partial charge in [0, 0.05) is 41.7 Å². The lowest BCUT2D eigenvalue weighted by atomic mass is 9.82. The quantitative estimate of drug-likeness (QED) is 0.334. The fraction of sp³-hybridized carbons (Fsp3) is 0.316. The van der Waals surface area contributed by atoms with Crippen molar-refractivity contribution in [1.29, 1.82) is 5.41 Å². The number of rotatable bonds is 5. The highest BCUT2D eigenvalue weighted by molar-refractivity contribution is 6.10. The number of amidine groups is 1. The highest BCUT2D eigenvalue weighted by Crippen LogP contribution is 2.32. The van der Waals surface area contributed by atoms with Gasteiger partial charge in [-0.15, -0.1) is 0 Å². The molecule has 0 aliphatic heterocycles. The number of carbonyl (C=O) groups excluding carboxylic acids is 1. The van der Waals surface area contributed by atoms with Crippen molar-refractivity contribution in [2.75, 3.05) is 18.1 Å². The van der Waals surface area contributed by atoms with Gasteiger partial charge in [-0.05, 0) is 50.0 Å². The van der Waals surface area contributed by atoms with Gasteiger partial charge in [0.15, 0.2) is 0 Å². The average Bonchev–Trinajstić information content (AvgIpc) is 2.60. The minimum Gasteiger partial charge on any atom is -0.398 e. The van der Waals surface area contributed by atoms with Crippen LogP contribution in [0.25, 0.3) is 0 Å². The third-order valence-electron chi connectivity index (χ3n) is 4.42. The summed E-state index contributed by atoms with van der Waals surface area (Å²) in [5.41, 5.74) is 11.1. The summed E-state index contributed by atoms with van der Waals surface area (Å²) in [6.07, 6.45) is 4.75. The zero-order valence-corrected chi connectivity index (χ0v) is 14.2. The second kappa shape index (κ2) is 7.73. The second-order valence-corrected chi connectivity index (χ2v) is 6.06. The number of carbonyl (C=O) groups is 1. The summed E-state index contributed by atoms with van der Waals surface area (Å²) in [5, 5.41) is 10.7. The van der Waals surface area contributed by atoms with E-state index in [1.807, 2.05) is 12.1 Å². The molecule has 1 aliphatic rings. The first-order chi connectivity index (χ1) is 11.5. The first-order valence-corrected chi connectivity index (χ1v) is 7.97. The smallest absolute Gasteiger partial charge is 0.132 e. The number of aliphatic imine (C=N–C) groups is 1. The molecule has 24 heavy (non-hydrogen) atoms. The standard InChI is InChI=1S/C19H24N4O/c1-12-8-14(11-24)4-6-17(12)13(2)19(22-3)23-16-5-7-18(21)15(9-16)10-20/h5,7,9-11,14,20H,2,4,6,8,21H2,1,3H3,(H,22,23). The van der Waals surface area contributed by atoms with Crippen molar-refractivity contribution in [1.82, 2.24) is 0 Å². The van der Waals surface area contributed by atoms with Crippen LogP contribution in [0.2, 0.25) is 0 Å². The first-order valence-electron chi connectivity index (χ1n) is 7.97. The summed E-state index contributed by atoms with van der Waals surface area (Å²) in [7, 11) is 1.72. The maximum Gasteiger partial charge on any atom is 0.132 e. The molecule has 4 N–H and O–H groups in total. The fourth-order valence-corrected chi connectivity index (χ4v) is 3.01. The number of aldehydes is 1. The highest BCUT2D eigenvalue weighted by Gasteiger charge is 2.21. The Morgan fingerprint density at radius 2 is 2.25 bits per heavy atom. The van der Waals surface area contributed by atoms with Crippen molar-refractivity contribution in [3.05, 3.63) is 47.1 Å². The molecule has 1 aromatic rings. The van der Waals surface area contributed by atoms with Crippen molar-refractivity contribution in [2.24, 2.45) is 10.9 Å². The van der Waals surface area contributed by atoms with Crippen LogP contribution in [0.4, 0.5) is 11.4 Å². The van der Waals surface area contributed by atoms with Crippen LogP contribution in [0.5, 0.6) is 0 Å². The molecule has 0 saturated carbocycles. The van der Waals surface area contributed by atoms with Gasteiger partial charge >= 0.3 is 0 Å². The SMILES string of the molecule is C=C(C(=NC)Nc1ccc(N)c(C=N)c1)C1=C(C)CC(C=O)CC1. The Labute approximate surface area is 142 Å². The molecule has 2 rings (SSSR count). The zero-order valence-electron chi connectivity index (χ0n) is 14.2. The Morgan fingerprint density at radius 3 is 2.83 bits per heavy atom. The summed E-state index contributed by atoms with van der Waals surface area (Å²) in [6.45, 7) is 6.25. The van der Waals surface area contributed by atoms with E-state index in [2.05, 4.69) is 23.8 Å². The van der Waals surface area contributed by atoms with E-state index in [9.17, 15) is 4.79 Å². The van der Waals surface area contributed by atoms with Crippen LogP contribution >= 0.6 is 0 Å². The van der Waals surface area contributed by atoms with Crippen LogP contribution in [0.15, 0.2) is 46.5 Å². The maximum atomic E-state index is 11.0. The molecule has 5 heteroatoms. The molecule has 0 heterocycles. The predicted molar refractivity (Wildman–Crippen MR) is 101 cm³/mol. The Bertz CT molecular complexity index is 731. The molecule has 0 radical (unpaired) electrons. The van der Waals surface area contributed by atoms with E-state index in [1.54, 1.807) is 13.1 Å². The Morgan fingerprint density at radius 1 is 1.50 bits per heavy atom. The van der Waals surface area contributed by atoms with Gasteiger partial charge in [0.25, 0.3) is 0 Å². The van der Waals surface area contributed by atoms with Gasteiger partial charge < -0.3 is 21.3 Å². The maximum absolute atomic E-state index is 11.0. The molecule has 0 amide bonds. The van der Waals surface area contributed by atoms with Crippen molar-refractivity contribution >= 4 is 29.7 Å². The Balaban J connectivity index is 2.21. The summed E-state index contributed by atoms with van der Waals surface area (Å²) in [6, 6.07) is 5.43. The van der Waals surface area contributed by atoms with Crippen molar-refractivity contribution < 1.29 is 4.79 Å². The number of nitrogen functional groups attached to an aromatic ring is 1. The number of nitrogens with zero attached hydrogens (tertiary/aromatic N) is 1. The Kier molecular flexibility index (Phi) is 5.68. The number of hydrogen-bond donors (Lipinski definition) is 3. The minimum atomic E-state index is 0.115. The van der Waals surface area contributed by atoms with Crippen LogP contribution in [-0.4, -0.2) is 25.4 Å². The monoisotopic (exact) mass is 324 g/mol. The minimum absolute atomic E-state index is 0.115. The average molecular weight is 324 g/mol. The van der Waals surface area contributed by atoms with Crippen LogP contribution in [0.3, 0.4) is 0 Å². The second-order valence-electron chi connectivity index (χ2n) is 6.06. The molecule has 0 bridgehead atoms. The van der Waals surface area contributed by atoms with Crippen LogP contribution < -0.4 is 11.1 Å². The van der Waals surface area contributed by atoms with Crippen LogP contribution in [-0.2, 0) is 4.79 Å². The third kappa shape index (κ3) is 3.79. The van der Waals surface area contributed by atoms with E-state index >= 15 is 0 Å². The number of nitrogens with one attached hydrogen (secondary N) is 2. The van der Waals surface area contributed by atoms with Gasteiger partial charge in [0.05, 0.1) is 0 Å². The molecular formula is C19H24N4O. The normalized spacial score (nSPS) is 18.2. The number of anilines is 2. The molecule has 0 spiro atoms. The van der Waals surface area contributed by atoms with Crippen molar-refractivity contribution in [3.8, 4) is 0 Å². The van der Waals surface area contributed by atoms with E-state index in [1.165, 1.54) is 17.4 Å². The van der Waals surface area contributed by atoms with E-state index in [-0.39, 0.29) is 5.92 Å². The molecule has 126 valence electrons. The molecule has 1 atom stereocenters. The lowest BCUT2D eigenvalue weighted by Crippen LogP contribution is -2.19. The van der Waals surface area contributed by atoms with Gasteiger partial charge in [0.2, 0.25) is 0 Å². The molecule has 1 aliphatic carbocycles. The van der Waals surface area contributed by atoms with E-state index in [0.29, 0.717) is 17.1 Å². The van der Waals surface area contributed by atoms with E-state index in [4.69, 9.17) is 11.1 Å². The third-order valence-corrected chi connectivity index (χ3v) is 4.42. The molecule has 1 unspecified atom stereocenters. The lowest BCUT2D eigenvalue weighted by molar-refractivity contribution is -0.111. The number of allylic oxidation sites excluding steroid dienone is 1. The van der Waals surface area contributed by atoms with Gasteiger partial charge in [-0.2, -0.15) is 0 Å². The highest BCUT2D eigenvalue weighted by atomic mass is 16.1. The van der Waals surface area contributed by atoms with Crippen LogP contribution in [0, 0.1) is 11.3 Å². The van der Waals surface area contributed by atoms with Crippen molar-refractivity contribution in [2.45, 2.75) is 26.2 Å².